The maximum Gasteiger partial charge on any atom is 0.407 e. The number of carbonyl (C=O) groups is 2. The van der Waals surface area contributed by atoms with Crippen LogP contribution in [0.4, 0.5) is 4.79 Å². The summed E-state index contributed by atoms with van der Waals surface area (Å²) in [5.74, 6) is 0.0825. The van der Waals surface area contributed by atoms with Gasteiger partial charge in [-0.1, -0.05) is 25.4 Å². The number of alkyl carbamates (subject to hydrolysis) is 1. The Morgan fingerprint density at radius 3 is 2.30 bits per heavy atom. The van der Waals surface area contributed by atoms with Crippen molar-refractivity contribution in [1.29, 1.82) is 0 Å². The molecule has 0 bridgehead atoms. The highest BCUT2D eigenvalue weighted by molar-refractivity contribution is 6.17. The van der Waals surface area contributed by atoms with E-state index in [0.29, 0.717) is 12.5 Å². The molecule has 0 aromatic carbocycles. The van der Waals surface area contributed by atoms with E-state index in [1.54, 1.807) is 20.8 Å². The van der Waals surface area contributed by atoms with Gasteiger partial charge in [0.25, 0.3) is 0 Å². The summed E-state index contributed by atoms with van der Waals surface area (Å²) in [5, 5.41) is 2.69. The molecule has 0 aromatic rings. The van der Waals surface area contributed by atoms with Crippen LogP contribution in [0.3, 0.4) is 0 Å². The van der Waals surface area contributed by atoms with Gasteiger partial charge in [0.2, 0.25) is 0 Å². The quantitative estimate of drug-likeness (QED) is 0.579. The molecule has 5 nitrogen and oxygen atoms in total. The minimum atomic E-state index is -0.533. The summed E-state index contributed by atoms with van der Waals surface area (Å²) in [7, 11) is 0. The molecule has 0 saturated carbocycles. The molecule has 0 aromatic heterocycles. The second-order valence-corrected chi connectivity index (χ2v) is 6.43. The van der Waals surface area contributed by atoms with Gasteiger partial charge in [-0.05, 0) is 39.0 Å². The molecule has 0 aliphatic heterocycles. The molecule has 0 aliphatic rings. The number of hydrogen-bond donors (Lipinski definition) is 1. The van der Waals surface area contributed by atoms with Gasteiger partial charge >= 0.3 is 12.1 Å². The first-order chi connectivity index (χ1) is 9.14. The van der Waals surface area contributed by atoms with Crippen LogP contribution in [-0.4, -0.2) is 30.3 Å². The van der Waals surface area contributed by atoms with Gasteiger partial charge in [0.1, 0.15) is 5.60 Å². The van der Waals surface area contributed by atoms with E-state index in [1.165, 1.54) is 0 Å². The molecule has 0 heterocycles. The normalized spacial score (nSPS) is 12.9. The fourth-order valence-electron chi connectivity index (χ4n) is 1.80. The van der Waals surface area contributed by atoms with Crippen LogP contribution in [0.2, 0.25) is 0 Å². The highest BCUT2D eigenvalue weighted by Crippen LogP contribution is 2.16. The lowest BCUT2D eigenvalue weighted by atomic mass is 9.94. The molecule has 1 amide bonds. The van der Waals surface area contributed by atoms with Crippen molar-refractivity contribution in [2.45, 2.75) is 53.1 Å². The highest BCUT2D eigenvalue weighted by Gasteiger charge is 2.20. The first kappa shape index (κ1) is 19.0. The van der Waals surface area contributed by atoms with Gasteiger partial charge in [-0.2, -0.15) is 0 Å². The molecule has 0 rings (SSSR count). The molecule has 0 aliphatic carbocycles. The van der Waals surface area contributed by atoms with Crippen LogP contribution in [-0.2, 0) is 14.3 Å². The first-order valence-corrected chi connectivity index (χ1v) is 7.36. The maximum absolute atomic E-state index is 11.6. The lowest BCUT2D eigenvalue weighted by molar-refractivity contribution is -0.142. The SMILES string of the molecule is CC(C)CC(CNC(=O)OC(C)(C)C)CC(=O)OCCl. The molecule has 1 unspecified atom stereocenters. The molecular formula is C14H26ClNO4. The van der Waals surface area contributed by atoms with Crippen LogP contribution in [0.15, 0.2) is 0 Å². The van der Waals surface area contributed by atoms with Crippen LogP contribution in [0.25, 0.3) is 0 Å². The minimum Gasteiger partial charge on any atom is -0.449 e. The standard InChI is InChI=1S/C14H26ClNO4/c1-10(2)6-11(7-12(17)19-9-15)8-16-13(18)20-14(3,4)5/h10-11H,6-9H2,1-5H3,(H,16,18). The topological polar surface area (TPSA) is 64.6 Å². The highest BCUT2D eigenvalue weighted by atomic mass is 35.5. The molecule has 20 heavy (non-hydrogen) atoms. The third kappa shape index (κ3) is 10.9. The van der Waals surface area contributed by atoms with E-state index in [0.717, 1.165) is 6.42 Å². The number of alkyl halides is 1. The molecule has 6 heteroatoms. The molecule has 1 N–H and O–H groups in total. The summed E-state index contributed by atoms with van der Waals surface area (Å²) in [6.07, 6.45) is 0.574. The summed E-state index contributed by atoms with van der Waals surface area (Å²) in [6.45, 7) is 9.91. The molecule has 0 fully saturated rings. The summed E-state index contributed by atoms with van der Waals surface area (Å²) in [6, 6.07) is -0.146. The van der Waals surface area contributed by atoms with Gasteiger partial charge < -0.3 is 14.8 Å². The monoisotopic (exact) mass is 307 g/mol. The largest absolute Gasteiger partial charge is 0.449 e. The third-order valence-electron chi connectivity index (χ3n) is 2.41. The van der Waals surface area contributed by atoms with Crippen molar-refractivity contribution in [2.24, 2.45) is 11.8 Å². The Kier molecular flexibility index (Phi) is 8.62. The summed E-state index contributed by atoms with van der Waals surface area (Å²) < 4.78 is 9.88. The van der Waals surface area contributed by atoms with Crippen molar-refractivity contribution in [1.82, 2.24) is 5.32 Å². The van der Waals surface area contributed by atoms with Gasteiger partial charge in [-0.15, -0.1) is 0 Å². The molecule has 1 atom stereocenters. The van der Waals surface area contributed by atoms with Crippen molar-refractivity contribution in [3.8, 4) is 0 Å². The fourth-order valence-corrected chi connectivity index (χ4v) is 1.92. The Morgan fingerprint density at radius 1 is 1.25 bits per heavy atom. The van der Waals surface area contributed by atoms with Crippen molar-refractivity contribution in [3.63, 3.8) is 0 Å². The van der Waals surface area contributed by atoms with Crippen LogP contribution >= 0.6 is 11.6 Å². The van der Waals surface area contributed by atoms with E-state index in [9.17, 15) is 9.59 Å². The van der Waals surface area contributed by atoms with Gasteiger partial charge in [0.15, 0.2) is 6.07 Å². The van der Waals surface area contributed by atoms with Crippen molar-refractivity contribution in [3.05, 3.63) is 0 Å². The van der Waals surface area contributed by atoms with Crippen LogP contribution in [0.1, 0.15) is 47.5 Å². The van der Waals surface area contributed by atoms with E-state index in [-0.39, 0.29) is 24.4 Å². The molecule has 0 radical (unpaired) electrons. The number of halogens is 1. The molecular weight excluding hydrogens is 282 g/mol. The van der Waals surface area contributed by atoms with Gasteiger partial charge in [0, 0.05) is 6.54 Å². The minimum absolute atomic E-state index is 0.0123. The van der Waals surface area contributed by atoms with Crippen molar-refractivity contribution in [2.75, 3.05) is 12.6 Å². The van der Waals surface area contributed by atoms with E-state index < -0.39 is 11.7 Å². The average Bonchev–Trinajstić information content (AvgIpc) is 2.23. The van der Waals surface area contributed by atoms with E-state index in [4.69, 9.17) is 21.1 Å². The average molecular weight is 308 g/mol. The first-order valence-electron chi connectivity index (χ1n) is 6.82. The number of hydrogen-bond acceptors (Lipinski definition) is 4. The number of carbonyl (C=O) groups excluding carboxylic acids is 2. The number of amides is 1. The van der Waals surface area contributed by atoms with E-state index in [1.807, 2.05) is 0 Å². The van der Waals surface area contributed by atoms with Crippen LogP contribution in [0, 0.1) is 11.8 Å². The Hall–Kier alpha value is -0.970. The van der Waals surface area contributed by atoms with Gasteiger partial charge in [-0.3, -0.25) is 4.79 Å². The predicted octanol–water partition coefficient (Wildman–Crippen LogP) is 3.30. The Morgan fingerprint density at radius 2 is 1.85 bits per heavy atom. The predicted molar refractivity (Wildman–Crippen MR) is 78.6 cm³/mol. The van der Waals surface area contributed by atoms with E-state index >= 15 is 0 Å². The lowest BCUT2D eigenvalue weighted by Crippen LogP contribution is -2.36. The van der Waals surface area contributed by atoms with Crippen LogP contribution in [0.5, 0.6) is 0 Å². The zero-order valence-corrected chi connectivity index (χ0v) is 13.8. The van der Waals surface area contributed by atoms with Gasteiger partial charge in [0.05, 0.1) is 6.42 Å². The van der Waals surface area contributed by atoms with Crippen LogP contribution < -0.4 is 5.32 Å². The molecule has 0 spiro atoms. The summed E-state index contributed by atoms with van der Waals surface area (Å²) in [4.78, 5) is 23.0. The Balaban J connectivity index is 4.29. The Labute approximate surface area is 126 Å². The Bertz CT molecular complexity index is 313. The second-order valence-electron chi connectivity index (χ2n) is 6.21. The maximum atomic E-state index is 11.6. The number of esters is 1. The van der Waals surface area contributed by atoms with Gasteiger partial charge in [-0.25, -0.2) is 4.79 Å². The zero-order valence-electron chi connectivity index (χ0n) is 13.0. The van der Waals surface area contributed by atoms with Crippen molar-refractivity contribution >= 4 is 23.7 Å². The molecule has 0 saturated heterocycles. The fraction of sp³-hybridized carbons (Fsp3) is 0.857. The lowest BCUT2D eigenvalue weighted by Gasteiger charge is -2.22. The smallest absolute Gasteiger partial charge is 0.407 e. The van der Waals surface area contributed by atoms with Crippen molar-refractivity contribution < 1.29 is 19.1 Å². The summed E-state index contributed by atoms with van der Waals surface area (Å²) >= 11 is 5.35. The zero-order chi connectivity index (χ0) is 15.8. The number of rotatable bonds is 7. The summed E-state index contributed by atoms with van der Waals surface area (Å²) in [5.41, 5.74) is -0.533. The second kappa shape index (κ2) is 9.06. The number of nitrogens with one attached hydrogen (secondary N) is 1. The molecule has 118 valence electrons. The van der Waals surface area contributed by atoms with E-state index in [2.05, 4.69) is 19.2 Å². The third-order valence-corrected chi connectivity index (χ3v) is 2.52. The number of ether oxygens (including phenoxy) is 2.